The van der Waals surface area contributed by atoms with Gasteiger partial charge in [-0.05, 0) is 43.3 Å². The zero-order chi connectivity index (χ0) is 17.8. The first kappa shape index (κ1) is 16.6. The van der Waals surface area contributed by atoms with Crippen LogP contribution in [-0.4, -0.2) is 36.3 Å². The molecular weight excluding hydrogens is 326 g/mol. The summed E-state index contributed by atoms with van der Waals surface area (Å²) in [4.78, 5) is 24.2. The fourth-order valence-corrected chi connectivity index (χ4v) is 2.24. The minimum Gasteiger partial charge on any atom is -0.508 e. The van der Waals surface area contributed by atoms with E-state index < -0.39 is 18.0 Å². The Bertz CT molecular complexity index is 787. The number of hydrogen-bond donors (Lipinski definition) is 2. The lowest BCUT2D eigenvalue weighted by molar-refractivity contribution is -0.123. The molecule has 1 atom stereocenters. The molecule has 0 radical (unpaired) electrons. The van der Waals surface area contributed by atoms with Crippen molar-refractivity contribution in [1.29, 1.82) is 0 Å². The highest BCUT2D eigenvalue weighted by Gasteiger charge is 2.20. The molecule has 0 bridgehead atoms. The number of carbonyl (C=O) groups is 2. The van der Waals surface area contributed by atoms with Crippen molar-refractivity contribution in [2.24, 2.45) is 0 Å². The largest absolute Gasteiger partial charge is 0.508 e. The van der Waals surface area contributed by atoms with Crippen LogP contribution in [0.3, 0.4) is 0 Å². The van der Waals surface area contributed by atoms with Crippen LogP contribution < -0.4 is 14.8 Å². The monoisotopic (exact) mass is 343 g/mol. The first-order valence-corrected chi connectivity index (χ1v) is 7.73. The molecular formula is C18H17NO6. The molecule has 0 saturated heterocycles. The maximum Gasteiger partial charge on any atom is 0.338 e. The summed E-state index contributed by atoms with van der Waals surface area (Å²) in [6, 6.07) is 10.6. The van der Waals surface area contributed by atoms with Crippen LogP contribution in [-0.2, 0) is 9.53 Å². The summed E-state index contributed by atoms with van der Waals surface area (Å²) >= 11 is 0. The van der Waals surface area contributed by atoms with Gasteiger partial charge in [-0.15, -0.1) is 0 Å². The number of fused-ring (bicyclic) bond motifs is 1. The van der Waals surface area contributed by atoms with Crippen molar-refractivity contribution in [3.8, 4) is 17.2 Å². The second-order valence-corrected chi connectivity index (χ2v) is 5.44. The van der Waals surface area contributed by atoms with Gasteiger partial charge in [0.2, 0.25) is 0 Å². The number of phenols is 1. The van der Waals surface area contributed by atoms with Crippen LogP contribution in [0.25, 0.3) is 0 Å². The van der Waals surface area contributed by atoms with Crippen LogP contribution in [0.1, 0.15) is 17.3 Å². The third kappa shape index (κ3) is 4.00. The van der Waals surface area contributed by atoms with E-state index in [4.69, 9.17) is 14.2 Å². The molecule has 0 saturated carbocycles. The molecule has 1 unspecified atom stereocenters. The number of carbonyl (C=O) groups excluding carboxylic acids is 2. The van der Waals surface area contributed by atoms with Gasteiger partial charge in [-0.1, -0.05) is 0 Å². The number of amides is 1. The van der Waals surface area contributed by atoms with Gasteiger partial charge >= 0.3 is 5.97 Å². The van der Waals surface area contributed by atoms with Gasteiger partial charge in [0, 0.05) is 11.8 Å². The van der Waals surface area contributed by atoms with E-state index in [9.17, 15) is 14.7 Å². The predicted molar refractivity (Wildman–Crippen MR) is 89.0 cm³/mol. The van der Waals surface area contributed by atoms with Gasteiger partial charge in [0.1, 0.15) is 19.0 Å². The van der Waals surface area contributed by atoms with Crippen molar-refractivity contribution in [2.75, 3.05) is 18.5 Å². The minimum absolute atomic E-state index is 0.0425. The Labute approximate surface area is 144 Å². The molecule has 3 rings (SSSR count). The molecule has 0 fully saturated rings. The van der Waals surface area contributed by atoms with Crippen molar-refractivity contribution in [1.82, 2.24) is 0 Å². The lowest BCUT2D eigenvalue weighted by atomic mass is 10.2. The van der Waals surface area contributed by atoms with Crippen LogP contribution >= 0.6 is 0 Å². The molecule has 0 spiro atoms. The van der Waals surface area contributed by atoms with Gasteiger partial charge in [0.15, 0.2) is 17.6 Å². The average molecular weight is 343 g/mol. The fraction of sp³-hybridized carbons (Fsp3) is 0.222. The Balaban J connectivity index is 1.60. The summed E-state index contributed by atoms with van der Waals surface area (Å²) in [7, 11) is 0. The summed E-state index contributed by atoms with van der Waals surface area (Å²) in [6.45, 7) is 2.42. The van der Waals surface area contributed by atoms with Gasteiger partial charge in [-0.3, -0.25) is 4.79 Å². The van der Waals surface area contributed by atoms with E-state index in [1.807, 2.05) is 0 Å². The molecule has 1 aliphatic rings. The van der Waals surface area contributed by atoms with Crippen LogP contribution in [0.2, 0.25) is 0 Å². The molecule has 1 amide bonds. The number of ether oxygens (including phenoxy) is 3. The second kappa shape index (κ2) is 7.12. The third-order valence-corrected chi connectivity index (χ3v) is 3.57. The lowest BCUT2D eigenvalue weighted by Crippen LogP contribution is -2.30. The van der Waals surface area contributed by atoms with E-state index in [2.05, 4.69) is 5.32 Å². The normalized spacial score (nSPS) is 13.6. The van der Waals surface area contributed by atoms with Crippen molar-refractivity contribution in [3.63, 3.8) is 0 Å². The SMILES string of the molecule is CC(OC(=O)c1ccc(O)cc1)C(=O)Nc1ccc2c(c1)OCCO2. The predicted octanol–water partition coefficient (Wildman–Crippen LogP) is 2.35. The van der Waals surface area contributed by atoms with Gasteiger partial charge in [-0.25, -0.2) is 4.79 Å². The van der Waals surface area contributed by atoms with Crippen LogP contribution in [0.15, 0.2) is 42.5 Å². The van der Waals surface area contributed by atoms with Gasteiger partial charge in [0.05, 0.1) is 5.56 Å². The molecule has 0 aliphatic carbocycles. The van der Waals surface area contributed by atoms with E-state index in [1.54, 1.807) is 18.2 Å². The number of esters is 1. The maximum absolute atomic E-state index is 12.2. The smallest absolute Gasteiger partial charge is 0.338 e. The van der Waals surface area contributed by atoms with Crippen LogP contribution in [0.4, 0.5) is 5.69 Å². The molecule has 7 heteroatoms. The second-order valence-electron chi connectivity index (χ2n) is 5.44. The van der Waals surface area contributed by atoms with Crippen LogP contribution in [0, 0.1) is 0 Å². The summed E-state index contributed by atoms with van der Waals surface area (Å²) in [5, 5.41) is 11.9. The summed E-state index contributed by atoms with van der Waals surface area (Å²) in [5.41, 5.74) is 0.763. The fourth-order valence-electron chi connectivity index (χ4n) is 2.24. The topological polar surface area (TPSA) is 94.1 Å². The summed E-state index contributed by atoms with van der Waals surface area (Å²) in [5.74, 6) is 0.100. The van der Waals surface area contributed by atoms with Gasteiger partial charge in [-0.2, -0.15) is 0 Å². The molecule has 1 aliphatic heterocycles. The van der Waals surface area contributed by atoms with E-state index in [0.717, 1.165) is 0 Å². The molecule has 25 heavy (non-hydrogen) atoms. The van der Waals surface area contributed by atoms with Crippen molar-refractivity contribution in [2.45, 2.75) is 13.0 Å². The Morgan fingerprint density at radius 1 is 1.08 bits per heavy atom. The lowest BCUT2D eigenvalue weighted by Gasteiger charge is -2.19. The summed E-state index contributed by atoms with van der Waals surface area (Å²) < 4.78 is 16.0. The third-order valence-electron chi connectivity index (χ3n) is 3.57. The number of hydrogen-bond acceptors (Lipinski definition) is 6. The molecule has 7 nitrogen and oxygen atoms in total. The van der Waals surface area contributed by atoms with Gasteiger partial charge < -0.3 is 24.6 Å². The zero-order valence-electron chi connectivity index (χ0n) is 13.5. The van der Waals surface area contributed by atoms with Crippen molar-refractivity contribution < 1.29 is 28.9 Å². The number of aromatic hydroxyl groups is 1. The zero-order valence-corrected chi connectivity index (χ0v) is 13.5. The van der Waals surface area contributed by atoms with Crippen molar-refractivity contribution >= 4 is 17.6 Å². The maximum atomic E-state index is 12.2. The molecule has 2 aromatic carbocycles. The van der Waals surface area contributed by atoms with E-state index >= 15 is 0 Å². The number of phenolic OH excluding ortho intramolecular Hbond substituents is 1. The molecule has 2 aromatic rings. The molecule has 1 heterocycles. The first-order chi connectivity index (χ1) is 12.0. The molecule has 0 aromatic heterocycles. The van der Waals surface area contributed by atoms with Gasteiger partial charge in [0.25, 0.3) is 5.91 Å². The van der Waals surface area contributed by atoms with E-state index in [1.165, 1.54) is 31.2 Å². The number of nitrogens with one attached hydrogen (secondary N) is 1. The van der Waals surface area contributed by atoms with Crippen LogP contribution in [0.5, 0.6) is 17.2 Å². The number of rotatable bonds is 4. The Hall–Kier alpha value is -3.22. The Morgan fingerprint density at radius 3 is 2.48 bits per heavy atom. The average Bonchev–Trinajstić information content (AvgIpc) is 2.62. The first-order valence-electron chi connectivity index (χ1n) is 7.73. The highest BCUT2D eigenvalue weighted by molar-refractivity contribution is 5.97. The molecule has 130 valence electrons. The number of benzene rings is 2. The Kier molecular flexibility index (Phi) is 4.74. The molecule has 2 N–H and O–H groups in total. The highest BCUT2D eigenvalue weighted by Crippen LogP contribution is 2.32. The highest BCUT2D eigenvalue weighted by atomic mass is 16.6. The van der Waals surface area contributed by atoms with E-state index in [-0.39, 0.29) is 11.3 Å². The number of anilines is 1. The standard InChI is InChI=1S/C18H17NO6/c1-11(25-18(22)12-2-5-14(20)6-3-12)17(21)19-13-4-7-15-16(10-13)24-9-8-23-15/h2-7,10-11,20H,8-9H2,1H3,(H,19,21). The minimum atomic E-state index is -0.991. The Morgan fingerprint density at radius 2 is 1.76 bits per heavy atom. The van der Waals surface area contributed by atoms with Crippen molar-refractivity contribution in [3.05, 3.63) is 48.0 Å². The van der Waals surface area contributed by atoms with E-state index in [0.29, 0.717) is 30.4 Å². The summed E-state index contributed by atoms with van der Waals surface area (Å²) in [6.07, 6.45) is -0.991. The quantitative estimate of drug-likeness (QED) is 0.828.